The number of para-hydroxylation sites is 1. The summed E-state index contributed by atoms with van der Waals surface area (Å²) in [5.74, 6) is -1.64. The van der Waals surface area contributed by atoms with Gasteiger partial charge in [-0.05, 0) is 18.2 Å². The van der Waals surface area contributed by atoms with Gasteiger partial charge in [0, 0.05) is 6.07 Å². The van der Waals surface area contributed by atoms with Crippen LogP contribution in [-0.4, -0.2) is 23.4 Å². The number of anilines is 1. The summed E-state index contributed by atoms with van der Waals surface area (Å²) in [6.07, 6.45) is 0. The Morgan fingerprint density at radius 2 is 1.83 bits per heavy atom. The maximum absolute atomic E-state index is 11.9. The number of hydrogen-bond acceptors (Lipinski definition) is 5. The van der Waals surface area contributed by atoms with Crippen molar-refractivity contribution in [2.24, 2.45) is 0 Å². The molecule has 0 saturated carbocycles. The van der Waals surface area contributed by atoms with Crippen molar-refractivity contribution in [2.45, 2.75) is 0 Å². The summed E-state index contributed by atoms with van der Waals surface area (Å²) in [5.41, 5.74) is -0.382. The van der Waals surface area contributed by atoms with Crippen molar-refractivity contribution in [3.05, 3.63) is 68.2 Å². The van der Waals surface area contributed by atoms with Crippen LogP contribution in [0.2, 0.25) is 10.0 Å². The van der Waals surface area contributed by atoms with E-state index in [9.17, 15) is 19.7 Å². The maximum Gasteiger partial charge on any atom is 0.345 e. The number of ether oxygens (including phenoxy) is 1. The van der Waals surface area contributed by atoms with Gasteiger partial charge in [-0.25, -0.2) is 4.79 Å². The van der Waals surface area contributed by atoms with E-state index in [1.54, 1.807) is 12.1 Å². The highest BCUT2D eigenvalue weighted by Crippen LogP contribution is 2.29. The van der Waals surface area contributed by atoms with E-state index < -0.39 is 29.1 Å². The highest BCUT2D eigenvalue weighted by Gasteiger charge is 2.21. The number of nitro benzene ring substituents is 1. The molecule has 7 nitrogen and oxygen atoms in total. The summed E-state index contributed by atoms with van der Waals surface area (Å²) in [5, 5.41) is 13.7. The Bertz CT molecular complexity index is 810. The predicted octanol–water partition coefficient (Wildman–Crippen LogP) is 3.70. The van der Waals surface area contributed by atoms with Crippen LogP contribution in [0.25, 0.3) is 0 Å². The van der Waals surface area contributed by atoms with E-state index in [4.69, 9.17) is 27.9 Å². The minimum Gasteiger partial charge on any atom is -0.452 e. The number of carbonyl (C=O) groups is 2. The van der Waals surface area contributed by atoms with Gasteiger partial charge in [-0.1, -0.05) is 41.4 Å². The quantitative estimate of drug-likeness (QED) is 0.492. The van der Waals surface area contributed by atoms with Gasteiger partial charge in [-0.3, -0.25) is 14.9 Å². The van der Waals surface area contributed by atoms with Crippen molar-refractivity contribution in [3.63, 3.8) is 0 Å². The van der Waals surface area contributed by atoms with E-state index in [1.807, 2.05) is 0 Å². The van der Waals surface area contributed by atoms with Crippen LogP contribution in [0.3, 0.4) is 0 Å². The Kier molecular flexibility index (Phi) is 5.73. The summed E-state index contributed by atoms with van der Waals surface area (Å²) in [6, 6.07) is 9.94. The molecule has 0 bridgehead atoms. The molecular weight excluding hydrogens is 359 g/mol. The number of nitrogens with one attached hydrogen (secondary N) is 1. The third-order valence-electron chi connectivity index (χ3n) is 2.88. The van der Waals surface area contributed by atoms with E-state index >= 15 is 0 Å². The summed E-state index contributed by atoms with van der Waals surface area (Å²) in [7, 11) is 0. The van der Waals surface area contributed by atoms with Gasteiger partial charge in [0.1, 0.15) is 5.56 Å². The molecule has 0 saturated heterocycles. The molecule has 0 aliphatic heterocycles. The van der Waals surface area contributed by atoms with Crippen molar-refractivity contribution in [2.75, 3.05) is 11.9 Å². The highest BCUT2D eigenvalue weighted by molar-refractivity contribution is 6.44. The Morgan fingerprint density at radius 1 is 1.12 bits per heavy atom. The van der Waals surface area contributed by atoms with Crippen molar-refractivity contribution in [1.29, 1.82) is 0 Å². The fourth-order valence-electron chi connectivity index (χ4n) is 1.80. The fourth-order valence-corrected chi connectivity index (χ4v) is 2.15. The van der Waals surface area contributed by atoms with Crippen molar-refractivity contribution >= 4 is 46.5 Å². The zero-order chi connectivity index (χ0) is 17.7. The molecule has 0 aliphatic rings. The van der Waals surface area contributed by atoms with Gasteiger partial charge in [-0.15, -0.1) is 0 Å². The molecule has 0 heterocycles. The third-order valence-corrected chi connectivity index (χ3v) is 3.70. The number of esters is 1. The highest BCUT2D eigenvalue weighted by atomic mass is 35.5. The standard InChI is InChI=1S/C15H10Cl2N2O5/c16-10-5-3-6-11(14(10)17)18-13(20)8-24-15(21)9-4-1-2-7-12(9)19(22)23/h1-7H,8H2,(H,18,20). The number of carbonyl (C=O) groups excluding carboxylic acids is 2. The molecule has 124 valence electrons. The first kappa shape index (κ1) is 17.7. The monoisotopic (exact) mass is 368 g/mol. The second kappa shape index (κ2) is 7.76. The number of hydrogen-bond donors (Lipinski definition) is 1. The number of nitro groups is 1. The summed E-state index contributed by atoms with van der Waals surface area (Å²) in [6.45, 7) is -0.631. The molecule has 0 radical (unpaired) electrons. The molecule has 0 atom stereocenters. The van der Waals surface area contributed by atoms with Crippen molar-refractivity contribution in [3.8, 4) is 0 Å². The smallest absolute Gasteiger partial charge is 0.345 e. The van der Waals surface area contributed by atoms with Crippen LogP contribution >= 0.6 is 23.2 Å². The lowest BCUT2D eigenvalue weighted by Crippen LogP contribution is -2.21. The molecule has 24 heavy (non-hydrogen) atoms. The molecule has 9 heteroatoms. The summed E-state index contributed by atoms with van der Waals surface area (Å²) < 4.78 is 4.79. The molecular formula is C15H10Cl2N2O5. The summed E-state index contributed by atoms with van der Waals surface area (Å²) in [4.78, 5) is 33.9. The molecule has 0 spiro atoms. The number of rotatable bonds is 5. The van der Waals surface area contributed by atoms with Gasteiger partial charge in [0.25, 0.3) is 11.6 Å². The van der Waals surface area contributed by atoms with Crippen molar-refractivity contribution < 1.29 is 19.2 Å². The minimum absolute atomic E-state index is 0.151. The molecule has 2 aromatic rings. The van der Waals surface area contributed by atoms with Gasteiger partial charge < -0.3 is 10.1 Å². The molecule has 0 aromatic heterocycles. The Balaban J connectivity index is 2.01. The lowest BCUT2D eigenvalue weighted by Gasteiger charge is -2.09. The van der Waals surface area contributed by atoms with Gasteiger partial charge in [0.15, 0.2) is 6.61 Å². The van der Waals surface area contributed by atoms with E-state index in [0.29, 0.717) is 0 Å². The first-order valence-corrected chi connectivity index (χ1v) is 7.30. The zero-order valence-corrected chi connectivity index (χ0v) is 13.5. The maximum atomic E-state index is 11.9. The molecule has 0 fully saturated rings. The zero-order valence-electron chi connectivity index (χ0n) is 12.0. The number of nitrogens with zero attached hydrogens (tertiary/aromatic N) is 1. The Hall–Kier alpha value is -2.64. The normalized spacial score (nSPS) is 10.1. The van der Waals surface area contributed by atoms with Crippen LogP contribution < -0.4 is 5.32 Å². The molecule has 2 aromatic carbocycles. The topological polar surface area (TPSA) is 98.5 Å². The lowest BCUT2D eigenvalue weighted by atomic mass is 10.2. The SMILES string of the molecule is O=C(COC(=O)c1ccccc1[N+](=O)[O-])Nc1cccc(Cl)c1Cl. The van der Waals surface area contributed by atoms with Gasteiger partial charge >= 0.3 is 5.97 Å². The van der Waals surface area contributed by atoms with Crippen LogP contribution in [0.1, 0.15) is 10.4 Å². The Morgan fingerprint density at radius 3 is 2.54 bits per heavy atom. The van der Waals surface area contributed by atoms with E-state index in [2.05, 4.69) is 5.32 Å². The molecule has 1 N–H and O–H groups in total. The molecule has 2 rings (SSSR count). The molecule has 1 amide bonds. The van der Waals surface area contributed by atoms with E-state index in [-0.39, 0.29) is 21.3 Å². The van der Waals surface area contributed by atoms with Crippen LogP contribution in [0, 0.1) is 10.1 Å². The number of amides is 1. The third kappa shape index (κ3) is 4.21. The average molecular weight is 369 g/mol. The first-order valence-electron chi connectivity index (χ1n) is 6.54. The summed E-state index contributed by atoms with van der Waals surface area (Å²) >= 11 is 11.7. The van der Waals surface area contributed by atoms with Crippen LogP contribution in [-0.2, 0) is 9.53 Å². The Labute approximate surface area is 146 Å². The lowest BCUT2D eigenvalue weighted by molar-refractivity contribution is -0.385. The predicted molar refractivity (Wildman–Crippen MR) is 88.5 cm³/mol. The fraction of sp³-hybridized carbons (Fsp3) is 0.0667. The second-order valence-corrected chi connectivity index (χ2v) is 5.29. The van der Waals surface area contributed by atoms with E-state index in [0.717, 1.165) is 0 Å². The first-order chi connectivity index (χ1) is 11.4. The van der Waals surface area contributed by atoms with Gasteiger partial charge in [0.2, 0.25) is 0 Å². The van der Waals surface area contributed by atoms with Crippen molar-refractivity contribution in [1.82, 2.24) is 0 Å². The number of benzene rings is 2. The van der Waals surface area contributed by atoms with Crippen LogP contribution in [0.15, 0.2) is 42.5 Å². The largest absolute Gasteiger partial charge is 0.452 e. The number of halogens is 2. The van der Waals surface area contributed by atoms with Gasteiger partial charge in [-0.2, -0.15) is 0 Å². The van der Waals surface area contributed by atoms with Crippen LogP contribution in [0.5, 0.6) is 0 Å². The van der Waals surface area contributed by atoms with Crippen LogP contribution in [0.4, 0.5) is 11.4 Å². The molecule has 0 unspecified atom stereocenters. The minimum atomic E-state index is -0.977. The second-order valence-electron chi connectivity index (χ2n) is 4.50. The molecule has 0 aliphatic carbocycles. The van der Waals surface area contributed by atoms with Gasteiger partial charge in [0.05, 0.1) is 20.7 Å². The average Bonchev–Trinajstić information content (AvgIpc) is 2.56. The van der Waals surface area contributed by atoms with E-state index in [1.165, 1.54) is 30.3 Å².